The van der Waals surface area contributed by atoms with Crippen molar-refractivity contribution < 1.29 is 4.79 Å². The molecule has 104 valence electrons. The van der Waals surface area contributed by atoms with Gasteiger partial charge in [-0.3, -0.25) is 4.79 Å². The van der Waals surface area contributed by atoms with Crippen molar-refractivity contribution >= 4 is 38.3 Å². The van der Waals surface area contributed by atoms with E-state index in [4.69, 9.17) is 0 Å². The Morgan fingerprint density at radius 3 is 2.80 bits per heavy atom. The maximum Gasteiger partial charge on any atom is 0.229 e. The zero-order chi connectivity index (χ0) is 14.1. The molecule has 20 heavy (non-hydrogen) atoms. The highest BCUT2D eigenvalue weighted by Crippen LogP contribution is 2.38. The van der Waals surface area contributed by atoms with Crippen molar-refractivity contribution in [3.8, 4) is 0 Å². The Bertz CT molecular complexity index is 623. The maximum absolute atomic E-state index is 11.8. The fraction of sp³-hybridized carbons (Fsp3) is 0.333. The summed E-state index contributed by atoms with van der Waals surface area (Å²) in [4.78, 5) is 17.3. The van der Waals surface area contributed by atoms with Gasteiger partial charge >= 0.3 is 0 Å². The highest BCUT2D eigenvalue weighted by atomic mass is 79.9. The lowest BCUT2D eigenvalue weighted by Crippen LogP contribution is -2.13. The molecule has 5 heteroatoms. The number of nitrogens with one attached hydrogen (secondary N) is 1. The van der Waals surface area contributed by atoms with E-state index in [0.717, 1.165) is 22.2 Å². The number of hydrogen-bond donors (Lipinski definition) is 1. The minimum absolute atomic E-state index is 0.113. The lowest BCUT2D eigenvalue weighted by atomic mass is 10.1. The number of carbonyl (C=O) groups is 1. The van der Waals surface area contributed by atoms with Crippen LogP contribution in [-0.4, -0.2) is 10.9 Å². The van der Waals surface area contributed by atoms with Crippen LogP contribution in [0.25, 0.3) is 0 Å². The second kappa shape index (κ2) is 5.66. The lowest BCUT2D eigenvalue weighted by molar-refractivity contribution is -0.117. The normalized spacial score (nSPS) is 20.7. The maximum atomic E-state index is 11.8. The van der Waals surface area contributed by atoms with Crippen molar-refractivity contribution in [2.24, 2.45) is 11.8 Å². The van der Waals surface area contributed by atoms with Crippen molar-refractivity contribution in [2.75, 3.05) is 5.32 Å². The van der Waals surface area contributed by atoms with Crippen molar-refractivity contribution in [3.05, 3.63) is 45.4 Å². The zero-order valence-corrected chi connectivity index (χ0v) is 13.5. The van der Waals surface area contributed by atoms with Crippen LogP contribution >= 0.6 is 27.3 Å². The summed E-state index contributed by atoms with van der Waals surface area (Å²) in [5, 5.41) is 3.62. The van der Waals surface area contributed by atoms with Gasteiger partial charge in [-0.05, 0) is 30.0 Å². The topological polar surface area (TPSA) is 42.0 Å². The van der Waals surface area contributed by atoms with Crippen molar-refractivity contribution in [1.29, 1.82) is 0 Å². The molecule has 1 amide bonds. The van der Waals surface area contributed by atoms with Gasteiger partial charge in [0.15, 0.2) is 5.13 Å². The van der Waals surface area contributed by atoms with Crippen LogP contribution in [-0.2, 0) is 11.2 Å². The molecular weight excluding hydrogens is 336 g/mol. The average molecular weight is 351 g/mol. The molecule has 1 aromatic carbocycles. The Hall–Kier alpha value is -1.20. The molecule has 2 aromatic rings. The predicted molar refractivity (Wildman–Crippen MR) is 85.0 cm³/mol. The molecule has 0 saturated heterocycles. The summed E-state index contributed by atoms with van der Waals surface area (Å²) in [6.45, 7) is 2.10. The summed E-state index contributed by atoms with van der Waals surface area (Å²) in [5.74, 6) is 0.827. The van der Waals surface area contributed by atoms with E-state index >= 15 is 0 Å². The zero-order valence-electron chi connectivity index (χ0n) is 11.1. The average Bonchev–Trinajstić information content (AvgIpc) is 3.00. The molecule has 1 saturated carbocycles. The van der Waals surface area contributed by atoms with E-state index in [1.54, 1.807) is 11.3 Å². The highest BCUT2D eigenvalue weighted by Gasteiger charge is 2.39. The van der Waals surface area contributed by atoms with Gasteiger partial charge in [0.25, 0.3) is 0 Å². The molecule has 1 aliphatic carbocycles. The number of nitrogens with zero attached hydrogens (tertiary/aromatic N) is 1. The molecule has 0 bridgehead atoms. The van der Waals surface area contributed by atoms with Crippen LogP contribution in [0, 0.1) is 11.8 Å². The van der Waals surface area contributed by atoms with E-state index in [9.17, 15) is 4.79 Å². The second-order valence-corrected chi connectivity index (χ2v) is 7.27. The van der Waals surface area contributed by atoms with Crippen LogP contribution < -0.4 is 5.32 Å². The van der Waals surface area contributed by atoms with Gasteiger partial charge in [0.2, 0.25) is 5.91 Å². The molecule has 2 atom stereocenters. The number of thiazole rings is 1. The number of benzene rings is 1. The minimum atomic E-state index is 0.113. The third kappa shape index (κ3) is 3.27. The Morgan fingerprint density at radius 1 is 1.45 bits per heavy atom. The molecule has 1 fully saturated rings. The molecule has 0 unspecified atom stereocenters. The van der Waals surface area contributed by atoms with Crippen LogP contribution in [0.3, 0.4) is 0 Å². The smallest absolute Gasteiger partial charge is 0.229 e. The van der Waals surface area contributed by atoms with E-state index in [1.807, 2.05) is 18.3 Å². The third-order valence-electron chi connectivity index (χ3n) is 3.52. The molecular formula is C15H15BrN2OS. The quantitative estimate of drug-likeness (QED) is 0.902. The van der Waals surface area contributed by atoms with Crippen LogP contribution in [0.5, 0.6) is 0 Å². The Morgan fingerprint density at radius 2 is 2.15 bits per heavy atom. The van der Waals surface area contributed by atoms with Crippen LogP contribution in [0.4, 0.5) is 5.13 Å². The van der Waals surface area contributed by atoms with Crippen LogP contribution in [0.15, 0.2) is 34.9 Å². The van der Waals surface area contributed by atoms with E-state index in [2.05, 4.69) is 45.3 Å². The number of amides is 1. The minimum Gasteiger partial charge on any atom is -0.302 e. The molecule has 1 heterocycles. The Labute approximate surface area is 130 Å². The van der Waals surface area contributed by atoms with E-state index < -0.39 is 0 Å². The number of rotatable bonds is 4. The first kappa shape index (κ1) is 13.8. The number of carbonyl (C=O) groups excluding carboxylic acids is 1. The monoisotopic (exact) mass is 350 g/mol. The standard InChI is InChI=1S/C15H15BrN2OS/c1-9-6-13(9)14(19)18-15-17-8-12(20-15)7-10-2-4-11(16)5-3-10/h2-5,8-9,13H,6-7H2,1H3,(H,17,18,19)/t9-,13+/m1/s1. The summed E-state index contributed by atoms with van der Waals surface area (Å²) in [5.41, 5.74) is 1.24. The Balaban J connectivity index is 1.61. The van der Waals surface area contributed by atoms with Crippen molar-refractivity contribution in [1.82, 2.24) is 4.98 Å². The predicted octanol–water partition coefficient (Wildman–Crippen LogP) is 4.09. The van der Waals surface area contributed by atoms with E-state index in [0.29, 0.717) is 11.0 Å². The fourth-order valence-electron chi connectivity index (χ4n) is 2.14. The van der Waals surface area contributed by atoms with Crippen LogP contribution in [0.1, 0.15) is 23.8 Å². The van der Waals surface area contributed by atoms with Crippen molar-refractivity contribution in [2.45, 2.75) is 19.8 Å². The molecule has 0 spiro atoms. The molecule has 1 aliphatic rings. The summed E-state index contributed by atoms with van der Waals surface area (Å²) in [7, 11) is 0. The molecule has 0 radical (unpaired) electrons. The number of anilines is 1. The van der Waals surface area contributed by atoms with Crippen LogP contribution in [0.2, 0.25) is 0 Å². The van der Waals surface area contributed by atoms with E-state index in [1.165, 1.54) is 5.56 Å². The van der Waals surface area contributed by atoms with Gasteiger partial charge in [0.05, 0.1) is 0 Å². The number of hydrogen-bond acceptors (Lipinski definition) is 3. The first-order valence-corrected chi connectivity index (χ1v) is 8.23. The lowest BCUT2D eigenvalue weighted by Gasteiger charge is -1.99. The van der Waals surface area contributed by atoms with Gasteiger partial charge in [-0.15, -0.1) is 11.3 Å². The number of aromatic nitrogens is 1. The third-order valence-corrected chi connectivity index (χ3v) is 4.96. The number of halogens is 1. The largest absolute Gasteiger partial charge is 0.302 e. The van der Waals surface area contributed by atoms with Gasteiger partial charge in [0.1, 0.15) is 0 Å². The molecule has 3 rings (SSSR count). The summed E-state index contributed by atoms with van der Waals surface area (Å²) >= 11 is 4.98. The first-order chi connectivity index (χ1) is 9.61. The SMILES string of the molecule is C[C@@H]1C[C@@H]1C(=O)Nc1ncc(Cc2ccc(Br)cc2)s1. The summed E-state index contributed by atoms with van der Waals surface area (Å²) in [6.07, 6.45) is 3.70. The first-order valence-electron chi connectivity index (χ1n) is 6.62. The molecule has 3 nitrogen and oxygen atoms in total. The summed E-state index contributed by atoms with van der Waals surface area (Å²) < 4.78 is 1.08. The van der Waals surface area contributed by atoms with Gasteiger partial charge < -0.3 is 5.32 Å². The molecule has 1 N–H and O–H groups in total. The second-order valence-electron chi connectivity index (χ2n) is 5.24. The van der Waals surface area contributed by atoms with Gasteiger partial charge in [0, 0.05) is 27.9 Å². The summed E-state index contributed by atoms with van der Waals surface area (Å²) in [6, 6.07) is 8.25. The fourth-order valence-corrected chi connectivity index (χ4v) is 3.25. The molecule has 1 aromatic heterocycles. The van der Waals surface area contributed by atoms with Gasteiger partial charge in [-0.1, -0.05) is 35.0 Å². The molecule has 0 aliphatic heterocycles. The Kier molecular flexibility index (Phi) is 3.89. The highest BCUT2D eigenvalue weighted by molar-refractivity contribution is 9.10. The van der Waals surface area contributed by atoms with E-state index in [-0.39, 0.29) is 11.8 Å². The van der Waals surface area contributed by atoms with Gasteiger partial charge in [-0.2, -0.15) is 0 Å². The van der Waals surface area contributed by atoms with Crippen molar-refractivity contribution in [3.63, 3.8) is 0 Å². The van der Waals surface area contributed by atoms with Gasteiger partial charge in [-0.25, -0.2) is 4.98 Å².